The first kappa shape index (κ1) is 29.5. The summed E-state index contributed by atoms with van der Waals surface area (Å²) in [5.74, 6) is -0.226. The summed E-state index contributed by atoms with van der Waals surface area (Å²) in [6.45, 7) is 0. The van der Waals surface area contributed by atoms with Gasteiger partial charge in [-0.15, -0.1) is 14.7 Å². The van der Waals surface area contributed by atoms with Crippen molar-refractivity contribution in [2.24, 2.45) is 15.5 Å². The molecule has 0 spiro atoms. The number of phenolic OH excluding ortho intramolecular Hbond substituents is 3. The summed E-state index contributed by atoms with van der Waals surface area (Å²) >= 11 is 0. The first-order chi connectivity index (χ1) is 19.0. The third kappa shape index (κ3) is 6.32. The molecular formula is C30H21IrN3O6. The van der Waals surface area contributed by atoms with E-state index < -0.39 is 0 Å². The second kappa shape index (κ2) is 13.7. The molecule has 0 bridgehead atoms. The van der Waals surface area contributed by atoms with Crippen LogP contribution >= 0.6 is 0 Å². The Morgan fingerprint density at radius 2 is 0.625 bits per heavy atom. The Hall–Kier alpha value is -5.05. The molecule has 40 heavy (non-hydrogen) atoms. The van der Waals surface area contributed by atoms with Crippen LogP contribution in [0.3, 0.4) is 0 Å². The quantitative estimate of drug-likeness (QED) is 0.156. The van der Waals surface area contributed by atoms with Crippen LogP contribution < -0.4 is 0 Å². The number of nitroso groups, excluding NO2 is 3. The van der Waals surface area contributed by atoms with Gasteiger partial charge in [-0.05, 0) is 49.9 Å². The molecular weight excluding hydrogens is 691 g/mol. The Morgan fingerprint density at radius 1 is 0.375 bits per heavy atom. The number of benzene rings is 6. The Morgan fingerprint density at radius 3 is 0.875 bits per heavy atom. The first-order valence-corrected chi connectivity index (χ1v) is 11.6. The second-order valence-electron chi connectivity index (χ2n) is 8.24. The van der Waals surface area contributed by atoms with Crippen molar-refractivity contribution < 1.29 is 35.4 Å². The molecule has 0 aliphatic heterocycles. The SMILES string of the molecule is O=Nc1c(O)ccc2ccccc12.O=Nc1c(O)ccc2ccccc12.O=Nc1c(O)ccc2ccccc12.[Ir]. The monoisotopic (exact) mass is 712 g/mol. The molecule has 0 heterocycles. The van der Waals surface area contributed by atoms with Gasteiger partial charge in [0.05, 0.1) is 0 Å². The molecule has 0 aromatic heterocycles. The van der Waals surface area contributed by atoms with Crippen LogP contribution in [-0.2, 0) is 20.1 Å². The summed E-state index contributed by atoms with van der Waals surface area (Å²) in [6, 6.07) is 31.5. The molecule has 0 aliphatic carbocycles. The van der Waals surface area contributed by atoms with Gasteiger partial charge >= 0.3 is 0 Å². The largest absolute Gasteiger partial charge is 0.506 e. The zero-order valence-corrected chi connectivity index (χ0v) is 23.0. The van der Waals surface area contributed by atoms with E-state index in [-0.39, 0.29) is 54.4 Å². The molecule has 1 radical (unpaired) electrons. The summed E-state index contributed by atoms with van der Waals surface area (Å²) in [5, 5.41) is 41.1. The predicted molar refractivity (Wildman–Crippen MR) is 153 cm³/mol. The average Bonchev–Trinajstić information content (AvgIpc) is 2.98. The summed E-state index contributed by atoms with van der Waals surface area (Å²) < 4.78 is 0. The van der Waals surface area contributed by atoms with Crippen molar-refractivity contribution in [3.05, 3.63) is 124 Å². The normalized spacial score (nSPS) is 9.90. The van der Waals surface area contributed by atoms with Crippen molar-refractivity contribution in [2.45, 2.75) is 0 Å². The van der Waals surface area contributed by atoms with E-state index in [1.54, 1.807) is 54.6 Å². The Labute approximate surface area is 241 Å². The Bertz CT molecular complexity index is 1620. The third-order valence-corrected chi connectivity index (χ3v) is 5.91. The van der Waals surface area contributed by atoms with E-state index in [0.29, 0.717) is 16.2 Å². The van der Waals surface area contributed by atoms with Crippen LogP contribution in [0.4, 0.5) is 17.1 Å². The fraction of sp³-hybridized carbons (Fsp3) is 0. The van der Waals surface area contributed by atoms with Crippen LogP contribution in [0.1, 0.15) is 0 Å². The van der Waals surface area contributed by atoms with E-state index in [9.17, 15) is 30.0 Å². The van der Waals surface area contributed by atoms with E-state index in [1.807, 2.05) is 36.4 Å². The fourth-order valence-electron chi connectivity index (χ4n) is 4.02. The van der Waals surface area contributed by atoms with Crippen molar-refractivity contribution >= 4 is 49.4 Å². The molecule has 0 atom stereocenters. The zero-order chi connectivity index (χ0) is 27.8. The molecule has 0 amide bonds. The van der Waals surface area contributed by atoms with Gasteiger partial charge in [0.2, 0.25) is 0 Å². The van der Waals surface area contributed by atoms with Crippen molar-refractivity contribution in [2.75, 3.05) is 0 Å². The fourth-order valence-corrected chi connectivity index (χ4v) is 4.02. The van der Waals surface area contributed by atoms with Crippen LogP contribution in [0.2, 0.25) is 0 Å². The standard InChI is InChI=1S/3C10H7NO2.Ir/c3*12-9-6-5-7-3-1-2-4-8(7)10(9)11-13;/h3*1-6,12H;. The topological polar surface area (TPSA) is 149 Å². The molecule has 6 aromatic rings. The predicted octanol–water partition coefficient (Wildman–Crippen LogP) is 8.83. The summed E-state index contributed by atoms with van der Waals surface area (Å²) in [5.41, 5.74) is 0.328. The summed E-state index contributed by atoms with van der Waals surface area (Å²) in [6.07, 6.45) is 0. The summed E-state index contributed by atoms with van der Waals surface area (Å²) in [4.78, 5) is 31.3. The molecule has 9 nitrogen and oxygen atoms in total. The van der Waals surface area contributed by atoms with E-state index in [2.05, 4.69) is 15.5 Å². The van der Waals surface area contributed by atoms with Gasteiger partial charge in [0.15, 0.2) is 17.1 Å². The van der Waals surface area contributed by atoms with Crippen LogP contribution in [0.15, 0.2) is 125 Å². The molecule has 6 rings (SSSR count). The zero-order valence-electron chi connectivity index (χ0n) is 20.6. The number of fused-ring (bicyclic) bond motifs is 3. The smallest absolute Gasteiger partial charge is 0.157 e. The number of aromatic hydroxyl groups is 3. The third-order valence-electron chi connectivity index (χ3n) is 5.91. The minimum absolute atomic E-state index is 0. The van der Waals surface area contributed by atoms with E-state index >= 15 is 0 Å². The van der Waals surface area contributed by atoms with Gasteiger partial charge in [-0.1, -0.05) is 91.0 Å². The number of hydrogen-bond acceptors (Lipinski definition) is 9. The van der Waals surface area contributed by atoms with E-state index in [1.165, 1.54) is 18.2 Å². The van der Waals surface area contributed by atoms with Crippen molar-refractivity contribution in [1.29, 1.82) is 0 Å². The minimum atomic E-state index is -0.0753. The maximum absolute atomic E-state index is 10.4. The van der Waals surface area contributed by atoms with Gasteiger partial charge < -0.3 is 15.3 Å². The van der Waals surface area contributed by atoms with E-state index in [4.69, 9.17) is 0 Å². The summed E-state index contributed by atoms with van der Waals surface area (Å²) in [7, 11) is 0. The van der Waals surface area contributed by atoms with Gasteiger partial charge in [0, 0.05) is 36.3 Å². The first-order valence-electron chi connectivity index (χ1n) is 11.6. The molecule has 0 saturated heterocycles. The minimum Gasteiger partial charge on any atom is -0.506 e. The van der Waals surface area contributed by atoms with Gasteiger partial charge in [-0.25, -0.2) is 0 Å². The molecule has 10 heteroatoms. The van der Waals surface area contributed by atoms with Gasteiger partial charge in [0.25, 0.3) is 0 Å². The molecule has 201 valence electrons. The van der Waals surface area contributed by atoms with E-state index in [0.717, 1.165) is 16.2 Å². The number of nitrogens with zero attached hydrogens (tertiary/aromatic N) is 3. The number of rotatable bonds is 3. The van der Waals surface area contributed by atoms with Crippen LogP contribution in [0.5, 0.6) is 17.2 Å². The van der Waals surface area contributed by atoms with Crippen LogP contribution in [-0.4, -0.2) is 15.3 Å². The average molecular weight is 712 g/mol. The second-order valence-corrected chi connectivity index (χ2v) is 8.24. The van der Waals surface area contributed by atoms with Crippen molar-refractivity contribution in [1.82, 2.24) is 0 Å². The number of hydrogen-bond donors (Lipinski definition) is 3. The van der Waals surface area contributed by atoms with Crippen LogP contribution in [0, 0.1) is 14.7 Å². The Balaban J connectivity index is 0.000000163. The molecule has 0 saturated carbocycles. The maximum atomic E-state index is 10.4. The molecule has 0 fully saturated rings. The molecule has 0 aliphatic rings. The van der Waals surface area contributed by atoms with Gasteiger partial charge in [0.1, 0.15) is 17.2 Å². The Kier molecular flexibility index (Phi) is 10.1. The molecule has 3 N–H and O–H groups in total. The molecule has 6 aromatic carbocycles. The maximum Gasteiger partial charge on any atom is 0.157 e. The number of phenols is 3. The van der Waals surface area contributed by atoms with Crippen molar-refractivity contribution in [3.63, 3.8) is 0 Å². The van der Waals surface area contributed by atoms with Gasteiger partial charge in [-0.3, -0.25) is 0 Å². The van der Waals surface area contributed by atoms with Crippen molar-refractivity contribution in [3.8, 4) is 17.2 Å². The molecule has 0 unspecified atom stereocenters. The van der Waals surface area contributed by atoms with Crippen LogP contribution in [0.25, 0.3) is 32.3 Å². The van der Waals surface area contributed by atoms with Gasteiger partial charge in [-0.2, -0.15) is 0 Å².